The first-order chi connectivity index (χ1) is 7.16. The molecule has 0 N–H and O–H groups in total. The second kappa shape index (κ2) is 5.21. The van der Waals surface area contributed by atoms with Gasteiger partial charge in [0, 0.05) is 7.93 Å². The van der Waals surface area contributed by atoms with Crippen molar-refractivity contribution in [3.8, 4) is 0 Å². The van der Waals surface area contributed by atoms with E-state index in [1.807, 2.05) is 0 Å². The molecule has 7 heteroatoms. The van der Waals surface area contributed by atoms with Gasteiger partial charge in [-0.2, -0.15) is 0 Å². The molecule has 1 saturated heterocycles. The zero-order valence-electron chi connectivity index (χ0n) is 12.5. The molecule has 1 fully saturated rings. The number of rotatable bonds is 1. The average molecular weight is 201 g/mol. The number of hydrogen-bond donors (Lipinski definition) is 0. The predicted octanol–water partition coefficient (Wildman–Crippen LogP) is -2.21. The van der Waals surface area contributed by atoms with Gasteiger partial charge in [-0.15, -0.1) is 0 Å². The van der Waals surface area contributed by atoms with Crippen molar-refractivity contribution in [2.24, 2.45) is 0 Å². The zero-order valence-corrected chi connectivity index (χ0v) is 8.65. The minimum atomic E-state index is -6.29. The monoisotopic (exact) mass is 201 g/mol. The van der Waals surface area contributed by atoms with Crippen molar-refractivity contribution in [2.45, 2.75) is 5.98 Å². The molecule has 0 aliphatic carbocycles. The van der Waals surface area contributed by atoms with Gasteiger partial charge in [0.2, 0.25) is 0 Å². The molecular formula is C4H7BF3KO2. The van der Waals surface area contributed by atoms with Gasteiger partial charge in [-0.25, -0.2) is 0 Å². The Kier molecular flexibility index (Phi) is 2.26. The molecule has 1 heterocycles. The van der Waals surface area contributed by atoms with Crippen LogP contribution in [0.5, 0.6) is 0 Å². The topological polar surface area (TPSA) is 18.5 Å². The molecule has 1 unspecified atom stereocenters. The Balaban J connectivity index is 0.00000289. The number of hydrogen-bond acceptors (Lipinski definition) is 2. The quantitative estimate of drug-likeness (QED) is 0.448. The summed E-state index contributed by atoms with van der Waals surface area (Å²) in [6.07, 6.45) is 0. The molecule has 0 aromatic heterocycles. The fourth-order valence-corrected chi connectivity index (χ4v) is 0.327. The first kappa shape index (κ1) is 4.77. The molecule has 0 amide bonds. The molecule has 1 atom stereocenters. The van der Waals surface area contributed by atoms with E-state index >= 15 is 0 Å². The van der Waals surface area contributed by atoms with Gasteiger partial charge >= 0.3 is 58.4 Å². The van der Waals surface area contributed by atoms with E-state index in [0.29, 0.717) is 0 Å². The van der Waals surface area contributed by atoms with Gasteiger partial charge in [0.25, 0.3) is 0 Å². The summed E-state index contributed by atoms with van der Waals surface area (Å²) in [4.78, 5) is 0. The first-order valence-electron chi connectivity index (χ1n) is 5.76. The smallest absolute Gasteiger partial charge is 0.447 e. The Morgan fingerprint density at radius 3 is 2.64 bits per heavy atom. The molecular weight excluding hydrogens is 187 g/mol. The van der Waals surface area contributed by atoms with Crippen molar-refractivity contribution in [1.29, 1.82) is 0 Å². The molecule has 0 aromatic rings. The Morgan fingerprint density at radius 1 is 1.45 bits per heavy atom. The summed E-state index contributed by atoms with van der Waals surface area (Å²) in [7, 11) is 0. The largest absolute Gasteiger partial charge is 1.00 e. The van der Waals surface area contributed by atoms with Crippen LogP contribution in [-0.2, 0) is 9.47 Å². The van der Waals surface area contributed by atoms with Crippen LogP contribution in [0.1, 0.15) is 9.60 Å². The summed E-state index contributed by atoms with van der Waals surface area (Å²) in [5.41, 5.74) is 0. The van der Waals surface area contributed by atoms with Gasteiger partial charge in [-0.05, 0) is 0 Å². The summed E-state index contributed by atoms with van der Waals surface area (Å²) in [5.74, 6) is -4.29. The zero-order chi connectivity index (χ0) is 13.9. The van der Waals surface area contributed by atoms with Crippen LogP contribution in [0.15, 0.2) is 0 Å². The van der Waals surface area contributed by atoms with Crippen LogP contribution in [-0.4, -0.2) is 32.6 Å². The van der Waals surface area contributed by atoms with Crippen molar-refractivity contribution in [3.63, 3.8) is 0 Å². The standard InChI is InChI=1S/C4H7BF3O2.K/c6-5(7,8)4-3-9-1-2-10-4;/h4H,1-3H2;/q-1;+1/i1D2,2D2,3D2,4D;. The molecule has 1 aliphatic rings. The van der Waals surface area contributed by atoms with Crippen LogP contribution in [0, 0.1) is 0 Å². The molecule has 2 nitrogen and oxygen atoms in total. The molecule has 0 aromatic carbocycles. The van der Waals surface area contributed by atoms with Gasteiger partial charge in [0.1, 0.15) is 0 Å². The summed E-state index contributed by atoms with van der Waals surface area (Å²) in [6.45, 7) is -17.2. The minimum absolute atomic E-state index is 0. The number of ether oxygens (including phenoxy) is 2. The Labute approximate surface area is 115 Å². The molecule has 0 bridgehead atoms. The molecule has 1 aliphatic heterocycles. The summed E-state index contributed by atoms with van der Waals surface area (Å²) in [5, 5.41) is 0. The van der Waals surface area contributed by atoms with Gasteiger partial charge in [-0.3, -0.25) is 0 Å². The van der Waals surface area contributed by atoms with Crippen molar-refractivity contribution in [3.05, 3.63) is 0 Å². The minimum Gasteiger partial charge on any atom is -0.447 e. The van der Waals surface area contributed by atoms with Gasteiger partial charge in [-0.1, -0.05) is 0 Å². The van der Waals surface area contributed by atoms with E-state index in [0.717, 1.165) is 0 Å². The van der Waals surface area contributed by atoms with Crippen molar-refractivity contribution >= 4 is 6.98 Å². The van der Waals surface area contributed by atoms with Crippen LogP contribution in [0.2, 0.25) is 0 Å². The SMILES string of the molecule is [2H]C1([2H])OC([2H])([2H])C([2H])([B-](F)(F)F)OC1([2H])[2H].[K+]. The van der Waals surface area contributed by atoms with E-state index in [2.05, 4.69) is 9.47 Å². The number of halogens is 3. The molecule has 0 radical (unpaired) electrons. The second-order valence-electron chi connectivity index (χ2n) is 1.45. The average Bonchev–Trinajstić information content (AvgIpc) is 1.95. The molecule has 0 saturated carbocycles. The van der Waals surface area contributed by atoms with Crippen LogP contribution in [0.3, 0.4) is 0 Å². The van der Waals surface area contributed by atoms with Crippen molar-refractivity contribution in [2.75, 3.05) is 19.7 Å². The maximum absolute atomic E-state index is 12.6. The Hall–Kier alpha value is 1.41. The van der Waals surface area contributed by atoms with E-state index in [9.17, 15) is 12.9 Å². The first-order valence-corrected chi connectivity index (χ1v) is 2.26. The van der Waals surface area contributed by atoms with Crippen LogP contribution >= 0.6 is 0 Å². The van der Waals surface area contributed by atoms with Gasteiger partial charge in [0.05, 0.1) is 27.3 Å². The Morgan fingerprint density at radius 2 is 2.09 bits per heavy atom. The maximum atomic E-state index is 12.6. The Bertz CT molecular complexity index is 339. The fraction of sp³-hybridized carbons (Fsp3) is 1.00. The third-order valence-electron chi connectivity index (χ3n) is 0.703. The summed E-state index contributed by atoms with van der Waals surface area (Å²) >= 11 is 0. The molecule has 0 spiro atoms. The maximum Gasteiger partial charge on any atom is 1.00 e. The van der Waals surface area contributed by atoms with E-state index in [1.165, 1.54) is 0 Å². The normalized spacial score (nSPS) is 55.7. The van der Waals surface area contributed by atoms with Gasteiger partial charge < -0.3 is 22.4 Å². The third-order valence-corrected chi connectivity index (χ3v) is 0.703. The van der Waals surface area contributed by atoms with Crippen molar-refractivity contribution in [1.82, 2.24) is 0 Å². The van der Waals surface area contributed by atoms with E-state index in [4.69, 9.17) is 9.60 Å². The molecule has 11 heavy (non-hydrogen) atoms. The molecule has 1 rings (SSSR count). The second-order valence-corrected chi connectivity index (χ2v) is 1.45. The van der Waals surface area contributed by atoms with E-state index in [1.54, 1.807) is 0 Å². The van der Waals surface area contributed by atoms with Crippen molar-refractivity contribution < 1.29 is 83.4 Å². The van der Waals surface area contributed by atoms with Gasteiger partial charge in [0.15, 0.2) is 0 Å². The van der Waals surface area contributed by atoms with Crippen LogP contribution < -0.4 is 51.4 Å². The summed E-state index contributed by atoms with van der Waals surface area (Å²) < 4.78 is 93.5. The summed E-state index contributed by atoms with van der Waals surface area (Å²) in [6, 6.07) is 0. The van der Waals surface area contributed by atoms with E-state index in [-0.39, 0.29) is 51.4 Å². The van der Waals surface area contributed by atoms with Crippen LogP contribution in [0.25, 0.3) is 0 Å². The fourth-order valence-electron chi connectivity index (χ4n) is 0.327. The molecule has 60 valence electrons. The van der Waals surface area contributed by atoms with Crippen LogP contribution in [0.4, 0.5) is 12.9 Å². The predicted molar refractivity (Wildman–Crippen MR) is 29.6 cm³/mol. The third kappa shape index (κ3) is 4.26. The van der Waals surface area contributed by atoms with E-state index < -0.39 is 32.6 Å².